The molecule has 0 aliphatic rings. The van der Waals surface area contributed by atoms with Gasteiger partial charge in [-0.3, -0.25) is 0 Å². The van der Waals surface area contributed by atoms with Crippen LogP contribution in [-0.2, 0) is 11.2 Å². The van der Waals surface area contributed by atoms with Crippen LogP contribution in [0.3, 0.4) is 0 Å². The maximum atomic E-state index is 6.00. The highest BCUT2D eigenvalue weighted by atomic mass is 79.9. The van der Waals surface area contributed by atoms with E-state index in [4.69, 9.17) is 15.2 Å². The Bertz CT molecular complexity index is 358. The second-order valence-electron chi connectivity index (χ2n) is 4.17. The molecule has 18 heavy (non-hydrogen) atoms. The summed E-state index contributed by atoms with van der Waals surface area (Å²) in [7, 11) is 0. The van der Waals surface area contributed by atoms with Crippen molar-refractivity contribution in [1.82, 2.24) is 0 Å². The molecule has 0 saturated heterocycles. The van der Waals surface area contributed by atoms with Crippen molar-refractivity contribution in [3.05, 3.63) is 28.2 Å². The van der Waals surface area contributed by atoms with Crippen LogP contribution in [0.15, 0.2) is 22.7 Å². The quantitative estimate of drug-likeness (QED) is 0.749. The van der Waals surface area contributed by atoms with E-state index >= 15 is 0 Å². The summed E-state index contributed by atoms with van der Waals surface area (Å²) in [4.78, 5) is 0. The highest BCUT2D eigenvalue weighted by Gasteiger charge is 2.08. The Morgan fingerprint density at radius 1 is 1.28 bits per heavy atom. The molecule has 102 valence electrons. The van der Waals surface area contributed by atoms with Crippen molar-refractivity contribution in [3.63, 3.8) is 0 Å². The van der Waals surface area contributed by atoms with Gasteiger partial charge in [0.05, 0.1) is 6.61 Å². The van der Waals surface area contributed by atoms with E-state index in [1.54, 1.807) is 0 Å². The first-order chi connectivity index (χ1) is 8.67. The lowest BCUT2D eigenvalue weighted by Gasteiger charge is -2.15. The van der Waals surface area contributed by atoms with Crippen molar-refractivity contribution in [2.75, 3.05) is 19.8 Å². The second kappa shape index (κ2) is 8.51. The van der Waals surface area contributed by atoms with Crippen LogP contribution in [0.2, 0.25) is 0 Å². The molecule has 0 amide bonds. The van der Waals surface area contributed by atoms with Crippen molar-refractivity contribution in [2.45, 2.75) is 32.7 Å². The molecule has 0 radical (unpaired) electrons. The topological polar surface area (TPSA) is 44.5 Å². The molecule has 0 bridgehead atoms. The number of hydrogen-bond acceptors (Lipinski definition) is 3. The summed E-state index contributed by atoms with van der Waals surface area (Å²) >= 11 is 3.48. The molecule has 1 aromatic carbocycles. The zero-order chi connectivity index (χ0) is 13.4. The first kappa shape index (κ1) is 15.5. The molecular weight excluding hydrogens is 294 g/mol. The van der Waals surface area contributed by atoms with Crippen LogP contribution >= 0.6 is 15.9 Å². The average Bonchev–Trinajstić information content (AvgIpc) is 2.36. The smallest absolute Gasteiger partial charge is 0.122 e. The van der Waals surface area contributed by atoms with Gasteiger partial charge < -0.3 is 15.2 Å². The van der Waals surface area contributed by atoms with Gasteiger partial charge in [-0.2, -0.15) is 0 Å². The molecule has 3 nitrogen and oxygen atoms in total. The maximum Gasteiger partial charge on any atom is 0.122 e. The van der Waals surface area contributed by atoms with E-state index in [0.717, 1.165) is 35.2 Å². The second-order valence-corrected chi connectivity index (χ2v) is 5.09. The normalized spacial score (nSPS) is 12.4. The summed E-state index contributed by atoms with van der Waals surface area (Å²) in [6.45, 7) is 5.98. The average molecular weight is 316 g/mol. The SMILES string of the molecule is CCOCCOc1ccc(Br)cc1CC(N)CC. The minimum absolute atomic E-state index is 0.175. The minimum atomic E-state index is 0.175. The molecule has 0 heterocycles. The van der Waals surface area contributed by atoms with Crippen molar-refractivity contribution in [1.29, 1.82) is 0 Å². The van der Waals surface area contributed by atoms with E-state index < -0.39 is 0 Å². The first-order valence-corrected chi connectivity index (χ1v) is 7.21. The number of rotatable bonds is 8. The Balaban J connectivity index is 2.64. The maximum absolute atomic E-state index is 6.00. The number of halogens is 1. The summed E-state index contributed by atoms with van der Waals surface area (Å²) in [5, 5.41) is 0. The number of nitrogens with two attached hydrogens (primary N) is 1. The highest BCUT2D eigenvalue weighted by molar-refractivity contribution is 9.10. The van der Waals surface area contributed by atoms with E-state index in [0.29, 0.717) is 13.2 Å². The van der Waals surface area contributed by atoms with Crippen LogP contribution in [0.5, 0.6) is 5.75 Å². The van der Waals surface area contributed by atoms with Gasteiger partial charge in [0.1, 0.15) is 12.4 Å². The zero-order valence-electron chi connectivity index (χ0n) is 11.1. The van der Waals surface area contributed by atoms with Gasteiger partial charge in [-0.25, -0.2) is 0 Å². The summed E-state index contributed by atoms with van der Waals surface area (Å²) in [5.41, 5.74) is 7.15. The van der Waals surface area contributed by atoms with Crippen LogP contribution in [0.25, 0.3) is 0 Å². The lowest BCUT2D eigenvalue weighted by Crippen LogP contribution is -2.22. The fourth-order valence-corrected chi connectivity index (χ4v) is 2.04. The molecule has 2 N–H and O–H groups in total. The molecule has 0 aromatic heterocycles. The lowest BCUT2D eigenvalue weighted by molar-refractivity contribution is 0.110. The Labute approximate surface area is 118 Å². The molecule has 4 heteroatoms. The van der Waals surface area contributed by atoms with Gasteiger partial charge in [0, 0.05) is 17.1 Å². The van der Waals surface area contributed by atoms with Crippen molar-refractivity contribution >= 4 is 15.9 Å². The number of ether oxygens (including phenoxy) is 2. The molecular formula is C14H22BrNO2. The molecule has 1 rings (SSSR count). The van der Waals surface area contributed by atoms with Gasteiger partial charge in [-0.05, 0) is 43.5 Å². The fourth-order valence-electron chi connectivity index (χ4n) is 1.63. The van der Waals surface area contributed by atoms with Gasteiger partial charge >= 0.3 is 0 Å². The lowest BCUT2D eigenvalue weighted by atomic mass is 10.0. The van der Waals surface area contributed by atoms with Gasteiger partial charge in [-0.1, -0.05) is 22.9 Å². The Morgan fingerprint density at radius 2 is 2.06 bits per heavy atom. The predicted octanol–water partition coefficient (Wildman–Crippen LogP) is 3.14. The minimum Gasteiger partial charge on any atom is -0.491 e. The van der Waals surface area contributed by atoms with E-state index in [1.165, 1.54) is 0 Å². The summed E-state index contributed by atoms with van der Waals surface area (Å²) < 4.78 is 12.1. The third-order valence-electron chi connectivity index (χ3n) is 2.72. The molecule has 1 aromatic rings. The summed E-state index contributed by atoms with van der Waals surface area (Å²) in [6.07, 6.45) is 1.80. The standard InChI is InChI=1S/C14H22BrNO2/c1-3-13(16)10-11-9-12(15)5-6-14(11)18-8-7-17-4-2/h5-6,9,13H,3-4,7-8,10,16H2,1-2H3. The third-order valence-corrected chi connectivity index (χ3v) is 3.21. The Morgan fingerprint density at radius 3 is 2.72 bits per heavy atom. The van der Waals surface area contributed by atoms with Crippen molar-refractivity contribution in [3.8, 4) is 5.75 Å². The van der Waals surface area contributed by atoms with Gasteiger partial charge in [0.15, 0.2) is 0 Å². The van der Waals surface area contributed by atoms with Gasteiger partial charge in [-0.15, -0.1) is 0 Å². The number of benzene rings is 1. The van der Waals surface area contributed by atoms with E-state index in [2.05, 4.69) is 28.9 Å². The van der Waals surface area contributed by atoms with Gasteiger partial charge in [0.2, 0.25) is 0 Å². The highest BCUT2D eigenvalue weighted by Crippen LogP contribution is 2.24. The van der Waals surface area contributed by atoms with E-state index in [9.17, 15) is 0 Å². The van der Waals surface area contributed by atoms with Crippen LogP contribution in [0.1, 0.15) is 25.8 Å². The molecule has 1 unspecified atom stereocenters. The van der Waals surface area contributed by atoms with Crippen molar-refractivity contribution in [2.24, 2.45) is 5.73 Å². The molecule has 0 spiro atoms. The molecule has 0 aliphatic carbocycles. The molecule has 1 atom stereocenters. The molecule has 0 aliphatic heterocycles. The third kappa shape index (κ3) is 5.38. The van der Waals surface area contributed by atoms with E-state index in [-0.39, 0.29) is 6.04 Å². The monoisotopic (exact) mass is 315 g/mol. The Kier molecular flexibility index (Phi) is 7.32. The first-order valence-electron chi connectivity index (χ1n) is 6.41. The zero-order valence-corrected chi connectivity index (χ0v) is 12.7. The summed E-state index contributed by atoms with van der Waals surface area (Å²) in [5.74, 6) is 0.904. The molecule has 0 fully saturated rings. The van der Waals surface area contributed by atoms with Crippen LogP contribution < -0.4 is 10.5 Å². The van der Waals surface area contributed by atoms with E-state index in [1.807, 2.05) is 19.1 Å². The molecule has 0 saturated carbocycles. The largest absolute Gasteiger partial charge is 0.491 e. The fraction of sp³-hybridized carbons (Fsp3) is 0.571. The van der Waals surface area contributed by atoms with Crippen LogP contribution in [0.4, 0.5) is 0 Å². The van der Waals surface area contributed by atoms with Crippen LogP contribution in [0, 0.1) is 0 Å². The number of hydrogen-bond donors (Lipinski definition) is 1. The predicted molar refractivity (Wildman–Crippen MR) is 78.1 cm³/mol. The van der Waals surface area contributed by atoms with Gasteiger partial charge in [0.25, 0.3) is 0 Å². The van der Waals surface area contributed by atoms with Crippen LogP contribution in [-0.4, -0.2) is 25.9 Å². The van der Waals surface area contributed by atoms with Crippen molar-refractivity contribution < 1.29 is 9.47 Å². The Hall–Kier alpha value is -0.580. The summed E-state index contributed by atoms with van der Waals surface area (Å²) in [6, 6.07) is 6.21.